The predicted molar refractivity (Wildman–Crippen MR) is 78.2 cm³/mol. The largest absolute Gasteiger partial charge is 0.481 e. The Morgan fingerprint density at radius 2 is 1.68 bits per heavy atom. The van der Waals surface area contributed by atoms with Crippen molar-refractivity contribution in [2.24, 2.45) is 0 Å². The summed E-state index contributed by atoms with van der Waals surface area (Å²) in [5.41, 5.74) is 0.852. The van der Waals surface area contributed by atoms with Crippen molar-refractivity contribution in [1.29, 1.82) is 0 Å². The number of nitrogens with zero attached hydrogens (tertiary/aromatic N) is 1. The lowest BCUT2D eigenvalue weighted by Gasteiger charge is -2.15. The molecule has 0 aromatic heterocycles. The Labute approximate surface area is 126 Å². The molecule has 0 saturated heterocycles. The molecule has 2 aromatic rings. The number of rotatable bonds is 3. The van der Waals surface area contributed by atoms with Gasteiger partial charge in [0.25, 0.3) is 15.9 Å². The van der Waals surface area contributed by atoms with Crippen molar-refractivity contribution < 1.29 is 23.1 Å². The average molecular weight is 317 g/mol. The molecule has 1 heterocycles. The van der Waals surface area contributed by atoms with E-state index in [-0.39, 0.29) is 22.6 Å². The number of hydrogen-bond acceptors (Lipinski definition) is 4. The minimum absolute atomic E-state index is 0.0189. The molecule has 3 rings (SSSR count). The summed E-state index contributed by atoms with van der Waals surface area (Å²) in [4.78, 5) is 23.0. The smallest absolute Gasteiger partial charge is 0.307 e. The van der Waals surface area contributed by atoms with E-state index in [1.54, 1.807) is 12.1 Å². The van der Waals surface area contributed by atoms with Gasteiger partial charge in [-0.05, 0) is 29.8 Å². The van der Waals surface area contributed by atoms with Crippen molar-refractivity contribution in [3.8, 4) is 0 Å². The van der Waals surface area contributed by atoms with Crippen molar-refractivity contribution in [2.75, 3.05) is 4.31 Å². The zero-order valence-electron chi connectivity index (χ0n) is 11.3. The second-order valence-electron chi connectivity index (χ2n) is 4.81. The van der Waals surface area contributed by atoms with Gasteiger partial charge in [0.1, 0.15) is 4.90 Å². The first-order chi connectivity index (χ1) is 10.4. The Bertz CT molecular complexity index is 871. The Balaban J connectivity index is 2.03. The molecule has 0 bridgehead atoms. The first kappa shape index (κ1) is 14.3. The van der Waals surface area contributed by atoms with E-state index in [4.69, 9.17) is 5.11 Å². The van der Waals surface area contributed by atoms with E-state index < -0.39 is 21.9 Å². The Morgan fingerprint density at radius 1 is 1.05 bits per heavy atom. The first-order valence-corrected chi connectivity index (χ1v) is 7.84. The molecule has 112 valence electrons. The normalized spacial score (nSPS) is 15.6. The van der Waals surface area contributed by atoms with Gasteiger partial charge in [0.05, 0.1) is 17.7 Å². The van der Waals surface area contributed by atoms with E-state index >= 15 is 0 Å². The number of fused-ring (bicyclic) bond motifs is 1. The van der Waals surface area contributed by atoms with Crippen LogP contribution in [0.4, 0.5) is 5.69 Å². The van der Waals surface area contributed by atoms with Crippen LogP contribution < -0.4 is 4.31 Å². The quantitative estimate of drug-likeness (QED) is 0.929. The van der Waals surface area contributed by atoms with Gasteiger partial charge in [0.2, 0.25) is 0 Å². The van der Waals surface area contributed by atoms with E-state index in [1.807, 2.05) is 0 Å². The standard InChI is InChI=1S/C15H11NO5S/c17-14(18)9-10-5-7-11(8-6-10)16-15(19)12-3-1-2-4-13(12)22(16,20)21/h1-8H,9H2,(H,17,18). The highest BCUT2D eigenvalue weighted by atomic mass is 32.2. The molecule has 0 aliphatic carbocycles. The summed E-state index contributed by atoms with van der Waals surface area (Å²) in [7, 11) is -3.92. The molecule has 7 heteroatoms. The number of carbonyl (C=O) groups excluding carboxylic acids is 1. The minimum atomic E-state index is -3.92. The Kier molecular flexibility index (Phi) is 3.22. The maximum atomic E-state index is 12.5. The number of sulfonamides is 1. The molecule has 1 aliphatic heterocycles. The first-order valence-electron chi connectivity index (χ1n) is 6.40. The zero-order valence-corrected chi connectivity index (χ0v) is 12.1. The fraction of sp³-hybridized carbons (Fsp3) is 0.0667. The molecule has 1 N–H and O–H groups in total. The van der Waals surface area contributed by atoms with Crippen LogP contribution in [0.3, 0.4) is 0 Å². The molecule has 1 amide bonds. The second kappa shape index (κ2) is 4.96. The van der Waals surface area contributed by atoms with Crippen LogP contribution in [0, 0.1) is 0 Å². The van der Waals surface area contributed by atoms with Crippen LogP contribution >= 0.6 is 0 Å². The monoisotopic (exact) mass is 317 g/mol. The Hall–Kier alpha value is -2.67. The molecule has 0 unspecified atom stereocenters. The number of amides is 1. The van der Waals surface area contributed by atoms with E-state index in [2.05, 4.69) is 0 Å². The minimum Gasteiger partial charge on any atom is -0.481 e. The van der Waals surface area contributed by atoms with Crippen LogP contribution in [0.1, 0.15) is 15.9 Å². The molecule has 0 spiro atoms. The van der Waals surface area contributed by atoms with Gasteiger partial charge in [-0.3, -0.25) is 9.59 Å². The van der Waals surface area contributed by atoms with Crippen LogP contribution in [-0.2, 0) is 21.2 Å². The highest BCUT2D eigenvalue weighted by molar-refractivity contribution is 7.94. The van der Waals surface area contributed by atoms with Gasteiger partial charge in [0, 0.05) is 0 Å². The Morgan fingerprint density at radius 3 is 2.27 bits per heavy atom. The lowest BCUT2D eigenvalue weighted by atomic mass is 10.1. The number of hydrogen-bond donors (Lipinski definition) is 1. The van der Waals surface area contributed by atoms with Crippen LogP contribution in [0.25, 0.3) is 0 Å². The van der Waals surface area contributed by atoms with E-state index in [0.717, 1.165) is 4.31 Å². The summed E-state index contributed by atoms with van der Waals surface area (Å²) in [6.07, 6.45) is -0.165. The number of carboxylic acid groups (broad SMARTS) is 1. The maximum Gasteiger partial charge on any atom is 0.307 e. The van der Waals surface area contributed by atoms with Crippen LogP contribution in [-0.4, -0.2) is 25.4 Å². The van der Waals surface area contributed by atoms with Gasteiger partial charge < -0.3 is 5.11 Å². The van der Waals surface area contributed by atoms with Gasteiger partial charge in [-0.25, -0.2) is 8.42 Å². The summed E-state index contributed by atoms with van der Waals surface area (Å²) < 4.78 is 25.7. The van der Waals surface area contributed by atoms with Gasteiger partial charge in [0.15, 0.2) is 0 Å². The topological polar surface area (TPSA) is 91.8 Å². The number of carbonyl (C=O) groups is 2. The molecule has 0 atom stereocenters. The van der Waals surface area contributed by atoms with Crippen LogP contribution in [0.2, 0.25) is 0 Å². The molecule has 0 saturated carbocycles. The molecule has 1 aliphatic rings. The summed E-state index contributed by atoms with van der Waals surface area (Å²) >= 11 is 0. The zero-order chi connectivity index (χ0) is 15.9. The molecule has 22 heavy (non-hydrogen) atoms. The van der Waals surface area contributed by atoms with Crippen molar-refractivity contribution in [3.63, 3.8) is 0 Å². The fourth-order valence-electron chi connectivity index (χ4n) is 2.37. The van der Waals surface area contributed by atoms with Gasteiger partial charge in [-0.1, -0.05) is 24.3 Å². The van der Waals surface area contributed by atoms with Crippen molar-refractivity contribution in [1.82, 2.24) is 0 Å². The third-order valence-corrected chi connectivity index (χ3v) is 5.12. The molecule has 6 nitrogen and oxygen atoms in total. The molecule has 0 radical (unpaired) electrons. The summed E-state index contributed by atoms with van der Waals surface area (Å²) in [5, 5.41) is 8.73. The van der Waals surface area contributed by atoms with Crippen LogP contribution in [0.5, 0.6) is 0 Å². The second-order valence-corrected chi connectivity index (χ2v) is 6.56. The highest BCUT2D eigenvalue weighted by Crippen LogP contribution is 2.34. The molecule has 2 aromatic carbocycles. The summed E-state index contributed by atoms with van der Waals surface area (Å²) in [5.74, 6) is -1.59. The van der Waals surface area contributed by atoms with Gasteiger partial charge in [-0.2, -0.15) is 4.31 Å². The number of aliphatic carboxylic acids is 1. The fourth-order valence-corrected chi connectivity index (χ4v) is 3.96. The number of benzene rings is 2. The van der Waals surface area contributed by atoms with Crippen molar-refractivity contribution in [2.45, 2.75) is 11.3 Å². The average Bonchev–Trinajstić information content (AvgIpc) is 2.68. The van der Waals surface area contributed by atoms with Gasteiger partial charge in [-0.15, -0.1) is 0 Å². The third-order valence-electron chi connectivity index (χ3n) is 3.35. The van der Waals surface area contributed by atoms with Gasteiger partial charge >= 0.3 is 5.97 Å². The number of carboxylic acids is 1. The SMILES string of the molecule is O=C(O)Cc1ccc(N2C(=O)c3ccccc3S2(=O)=O)cc1. The molecular formula is C15H11NO5S. The lowest BCUT2D eigenvalue weighted by Crippen LogP contribution is -2.29. The van der Waals surface area contributed by atoms with Crippen molar-refractivity contribution >= 4 is 27.6 Å². The maximum absolute atomic E-state index is 12.5. The van der Waals surface area contributed by atoms with Crippen LogP contribution in [0.15, 0.2) is 53.4 Å². The van der Waals surface area contributed by atoms with E-state index in [9.17, 15) is 18.0 Å². The molecular weight excluding hydrogens is 306 g/mol. The number of anilines is 1. The highest BCUT2D eigenvalue weighted by Gasteiger charge is 2.41. The molecule has 0 fully saturated rings. The predicted octanol–water partition coefficient (Wildman–Crippen LogP) is 1.66. The summed E-state index contributed by atoms with van der Waals surface area (Å²) in [6.45, 7) is 0. The van der Waals surface area contributed by atoms with E-state index in [1.165, 1.54) is 36.4 Å². The van der Waals surface area contributed by atoms with Crippen molar-refractivity contribution in [3.05, 3.63) is 59.7 Å². The summed E-state index contributed by atoms with van der Waals surface area (Å²) in [6, 6.07) is 11.9. The third kappa shape index (κ3) is 2.15. The van der Waals surface area contributed by atoms with E-state index in [0.29, 0.717) is 5.56 Å². The lowest BCUT2D eigenvalue weighted by molar-refractivity contribution is -0.136.